The molecular formula is C35H45N3O6. The van der Waals surface area contributed by atoms with Crippen LogP contribution in [0.5, 0.6) is 11.5 Å². The zero-order valence-corrected chi connectivity index (χ0v) is 25.9. The lowest BCUT2D eigenvalue weighted by molar-refractivity contribution is -0.133. The van der Waals surface area contributed by atoms with E-state index in [1.54, 1.807) is 16.1 Å². The molecule has 9 nitrogen and oxygen atoms in total. The van der Waals surface area contributed by atoms with E-state index >= 15 is 0 Å². The Labute approximate surface area is 260 Å². The van der Waals surface area contributed by atoms with Gasteiger partial charge in [0.25, 0.3) is 5.91 Å². The van der Waals surface area contributed by atoms with E-state index in [0.29, 0.717) is 42.5 Å². The minimum Gasteiger partial charge on any atom is -0.467 e. The molecule has 44 heavy (non-hydrogen) atoms. The Bertz CT molecular complexity index is 1320. The van der Waals surface area contributed by atoms with E-state index in [4.69, 9.17) is 18.6 Å². The Morgan fingerprint density at radius 3 is 2.41 bits per heavy atom. The van der Waals surface area contributed by atoms with Crippen molar-refractivity contribution in [1.82, 2.24) is 14.7 Å². The number of furan rings is 1. The normalized spacial score (nSPS) is 14.5. The molecule has 5 rings (SSSR count). The SMILES string of the molecule is CCCCCCc1ccc(C(=O)N(CCCN2CCOCC2)CC(=O)N(Cc2ccc3c(c2)OCO3)Cc2ccco2)cc1. The van der Waals surface area contributed by atoms with Crippen LogP contribution in [-0.2, 0) is 29.0 Å². The summed E-state index contributed by atoms with van der Waals surface area (Å²) in [6.07, 6.45) is 8.22. The highest BCUT2D eigenvalue weighted by molar-refractivity contribution is 5.96. The largest absolute Gasteiger partial charge is 0.467 e. The fraction of sp³-hybridized carbons (Fsp3) is 0.486. The zero-order chi connectivity index (χ0) is 30.6. The summed E-state index contributed by atoms with van der Waals surface area (Å²) in [5.41, 5.74) is 2.75. The van der Waals surface area contributed by atoms with E-state index in [1.165, 1.54) is 24.8 Å². The number of nitrogens with zero attached hydrogens (tertiary/aromatic N) is 3. The van der Waals surface area contributed by atoms with Gasteiger partial charge < -0.3 is 28.4 Å². The van der Waals surface area contributed by atoms with E-state index in [9.17, 15) is 9.59 Å². The second-order valence-corrected chi connectivity index (χ2v) is 11.6. The first kappa shape index (κ1) is 31.6. The smallest absolute Gasteiger partial charge is 0.254 e. The average molecular weight is 604 g/mol. The number of morpholine rings is 1. The number of hydrogen-bond acceptors (Lipinski definition) is 7. The molecule has 2 aromatic carbocycles. The van der Waals surface area contributed by atoms with Crippen molar-refractivity contribution in [3.8, 4) is 11.5 Å². The molecule has 0 bridgehead atoms. The molecule has 0 spiro atoms. The molecule has 0 saturated carbocycles. The van der Waals surface area contributed by atoms with Crippen LogP contribution in [0.3, 0.4) is 0 Å². The number of amides is 2. The first-order valence-electron chi connectivity index (χ1n) is 16.0. The van der Waals surface area contributed by atoms with Gasteiger partial charge in [0, 0.05) is 38.3 Å². The highest BCUT2D eigenvalue weighted by atomic mass is 16.7. The van der Waals surface area contributed by atoms with E-state index < -0.39 is 0 Å². The molecule has 2 amide bonds. The number of unbranched alkanes of at least 4 members (excludes halogenated alkanes) is 3. The molecular weight excluding hydrogens is 558 g/mol. The second kappa shape index (κ2) is 16.3. The lowest BCUT2D eigenvalue weighted by Gasteiger charge is -2.30. The first-order valence-corrected chi connectivity index (χ1v) is 16.0. The van der Waals surface area contributed by atoms with Crippen molar-refractivity contribution >= 4 is 11.8 Å². The van der Waals surface area contributed by atoms with Gasteiger partial charge in [0.1, 0.15) is 12.3 Å². The second-order valence-electron chi connectivity index (χ2n) is 11.6. The maximum absolute atomic E-state index is 14.0. The van der Waals surface area contributed by atoms with Gasteiger partial charge in [-0.3, -0.25) is 14.5 Å². The lowest BCUT2D eigenvalue weighted by atomic mass is 10.0. The topological polar surface area (TPSA) is 84.7 Å². The Kier molecular flexibility index (Phi) is 11.7. The van der Waals surface area contributed by atoms with Crippen LogP contribution in [0.2, 0.25) is 0 Å². The monoisotopic (exact) mass is 603 g/mol. The number of carbonyl (C=O) groups is 2. The number of hydrogen-bond donors (Lipinski definition) is 0. The summed E-state index contributed by atoms with van der Waals surface area (Å²) in [4.78, 5) is 33.6. The van der Waals surface area contributed by atoms with E-state index in [2.05, 4.69) is 24.0 Å². The summed E-state index contributed by atoms with van der Waals surface area (Å²) >= 11 is 0. The van der Waals surface area contributed by atoms with Gasteiger partial charge in [-0.15, -0.1) is 0 Å². The van der Waals surface area contributed by atoms with Crippen molar-refractivity contribution in [2.75, 3.05) is 52.7 Å². The van der Waals surface area contributed by atoms with E-state index in [1.807, 2.05) is 42.5 Å². The zero-order valence-electron chi connectivity index (χ0n) is 25.9. The van der Waals surface area contributed by atoms with E-state index in [-0.39, 0.29) is 25.2 Å². The third kappa shape index (κ3) is 9.09. The van der Waals surface area contributed by atoms with Crippen molar-refractivity contribution in [3.05, 3.63) is 83.3 Å². The van der Waals surface area contributed by atoms with Gasteiger partial charge in [0.15, 0.2) is 11.5 Å². The molecule has 0 unspecified atom stereocenters. The third-order valence-corrected chi connectivity index (χ3v) is 8.23. The van der Waals surface area contributed by atoms with Crippen molar-refractivity contribution < 1.29 is 28.2 Å². The molecule has 236 valence electrons. The maximum Gasteiger partial charge on any atom is 0.254 e. The number of benzene rings is 2. The Morgan fingerprint density at radius 2 is 1.64 bits per heavy atom. The number of carbonyl (C=O) groups excluding carboxylic acids is 2. The summed E-state index contributed by atoms with van der Waals surface area (Å²) in [6, 6.07) is 17.3. The molecule has 0 atom stereocenters. The molecule has 1 aromatic heterocycles. The highest BCUT2D eigenvalue weighted by Gasteiger charge is 2.25. The van der Waals surface area contributed by atoms with Crippen molar-refractivity contribution in [2.45, 2.75) is 58.5 Å². The number of fused-ring (bicyclic) bond motifs is 1. The van der Waals surface area contributed by atoms with Gasteiger partial charge in [-0.2, -0.15) is 0 Å². The molecule has 0 N–H and O–H groups in total. The highest BCUT2D eigenvalue weighted by Crippen LogP contribution is 2.33. The number of ether oxygens (including phenoxy) is 3. The van der Waals surface area contributed by atoms with Crippen LogP contribution in [0.15, 0.2) is 65.3 Å². The van der Waals surface area contributed by atoms with Crippen molar-refractivity contribution in [2.24, 2.45) is 0 Å². The Balaban J connectivity index is 1.29. The fourth-order valence-electron chi connectivity index (χ4n) is 5.66. The minimum atomic E-state index is -0.147. The van der Waals surface area contributed by atoms with Crippen LogP contribution in [-0.4, -0.2) is 79.2 Å². The van der Waals surface area contributed by atoms with Gasteiger partial charge in [-0.25, -0.2) is 0 Å². The molecule has 1 fully saturated rings. The summed E-state index contributed by atoms with van der Waals surface area (Å²) in [7, 11) is 0. The van der Waals surface area contributed by atoms with Gasteiger partial charge in [-0.05, 0) is 66.8 Å². The molecule has 0 radical (unpaired) electrons. The summed E-state index contributed by atoms with van der Waals surface area (Å²) in [6.45, 7) is 7.60. The molecule has 3 aromatic rings. The van der Waals surface area contributed by atoms with Gasteiger partial charge >= 0.3 is 0 Å². The molecule has 1 saturated heterocycles. The minimum absolute atomic E-state index is 0.0219. The van der Waals surface area contributed by atoms with Crippen molar-refractivity contribution in [1.29, 1.82) is 0 Å². The summed E-state index contributed by atoms with van der Waals surface area (Å²) < 4.78 is 22.1. The lowest BCUT2D eigenvalue weighted by Crippen LogP contribution is -2.44. The molecule has 3 heterocycles. The standard InChI is InChI=1S/C35H45N3O6/c1-2-3-4-5-8-28-10-13-30(14-11-28)35(40)37(17-7-16-36-18-21-41-22-19-36)26-34(39)38(25-31-9-6-20-42-31)24-29-12-15-32-33(23-29)44-27-43-32/h6,9-15,20,23H,2-5,7-8,16-19,21-22,24-27H2,1H3. The van der Waals surface area contributed by atoms with E-state index in [0.717, 1.165) is 57.7 Å². The average Bonchev–Trinajstić information content (AvgIpc) is 3.75. The third-order valence-electron chi connectivity index (χ3n) is 8.23. The van der Waals surface area contributed by atoms with Crippen LogP contribution in [0.4, 0.5) is 0 Å². The van der Waals surface area contributed by atoms with Crippen LogP contribution < -0.4 is 9.47 Å². The molecule has 2 aliphatic heterocycles. The predicted octanol–water partition coefficient (Wildman–Crippen LogP) is 5.52. The van der Waals surface area contributed by atoms with Crippen LogP contribution in [0.1, 0.15) is 66.3 Å². The van der Waals surface area contributed by atoms with Crippen LogP contribution in [0.25, 0.3) is 0 Å². The van der Waals surface area contributed by atoms with Gasteiger partial charge in [0.05, 0.1) is 26.0 Å². The fourth-order valence-corrected chi connectivity index (χ4v) is 5.66. The van der Waals surface area contributed by atoms with Crippen molar-refractivity contribution in [3.63, 3.8) is 0 Å². The maximum atomic E-state index is 14.0. The molecule has 2 aliphatic rings. The predicted molar refractivity (Wildman–Crippen MR) is 168 cm³/mol. The Morgan fingerprint density at radius 1 is 0.841 bits per heavy atom. The first-order chi connectivity index (χ1) is 21.6. The summed E-state index contributed by atoms with van der Waals surface area (Å²) in [5, 5.41) is 0. The van der Waals surface area contributed by atoms with Gasteiger partial charge in [-0.1, -0.05) is 44.4 Å². The number of aryl methyl sites for hydroxylation is 1. The van der Waals surface area contributed by atoms with Crippen LogP contribution in [0, 0.1) is 0 Å². The van der Waals surface area contributed by atoms with Crippen LogP contribution >= 0.6 is 0 Å². The number of rotatable bonds is 16. The summed E-state index contributed by atoms with van der Waals surface area (Å²) in [5.74, 6) is 1.77. The van der Waals surface area contributed by atoms with Gasteiger partial charge in [0.2, 0.25) is 12.7 Å². The Hall–Kier alpha value is -3.82. The molecule has 9 heteroatoms. The quantitative estimate of drug-likeness (QED) is 0.199. The molecule has 0 aliphatic carbocycles.